The number of methoxy groups -OCH3 is 1. The number of nitrogens with one attached hydrogen (secondary N) is 1. The van der Waals surface area contributed by atoms with E-state index in [0.717, 1.165) is 11.3 Å². The van der Waals surface area contributed by atoms with Gasteiger partial charge >= 0.3 is 6.09 Å². The van der Waals surface area contributed by atoms with Gasteiger partial charge in [0.05, 0.1) is 18.3 Å². The van der Waals surface area contributed by atoms with Crippen LogP contribution in [0.3, 0.4) is 0 Å². The van der Waals surface area contributed by atoms with Gasteiger partial charge in [-0.05, 0) is 44.0 Å². The summed E-state index contributed by atoms with van der Waals surface area (Å²) in [5.74, 6) is -0.367. The quantitative estimate of drug-likeness (QED) is 0.292. The molecule has 0 aliphatic carbocycles. The maximum absolute atomic E-state index is 13.2. The number of nitrogens with two attached hydrogens (primary N) is 1. The Hall–Kier alpha value is -4.87. The molecule has 0 fully saturated rings. The van der Waals surface area contributed by atoms with Crippen molar-refractivity contribution in [2.75, 3.05) is 26.0 Å². The second-order valence-corrected chi connectivity index (χ2v) is 9.25. The van der Waals surface area contributed by atoms with Crippen molar-refractivity contribution in [1.29, 1.82) is 0 Å². The van der Waals surface area contributed by atoms with Crippen molar-refractivity contribution in [2.24, 2.45) is 5.73 Å². The largest absolute Gasteiger partial charge is 0.494 e. The first-order valence-corrected chi connectivity index (χ1v) is 12.9. The minimum absolute atomic E-state index is 0.180. The van der Waals surface area contributed by atoms with Crippen molar-refractivity contribution >= 4 is 34.9 Å². The third kappa shape index (κ3) is 6.22. The molecule has 12 nitrogen and oxygen atoms in total. The van der Waals surface area contributed by atoms with Crippen LogP contribution in [0, 0.1) is 6.92 Å². The van der Waals surface area contributed by atoms with Gasteiger partial charge in [-0.15, -0.1) is 0 Å². The molecule has 0 unspecified atom stereocenters. The van der Waals surface area contributed by atoms with Crippen LogP contribution >= 0.6 is 0 Å². The molecule has 0 spiro atoms. The molecule has 4 aromatic rings. The molecule has 0 atom stereocenters. The van der Waals surface area contributed by atoms with Gasteiger partial charge < -0.3 is 24.7 Å². The van der Waals surface area contributed by atoms with Gasteiger partial charge in [-0.3, -0.25) is 19.6 Å². The van der Waals surface area contributed by atoms with E-state index in [1.54, 1.807) is 28.4 Å². The highest BCUT2D eigenvalue weighted by Gasteiger charge is 2.22. The Labute approximate surface area is 231 Å². The number of carbonyl (C=O) groups excluding carboxylic acids is 3. The second-order valence-electron chi connectivity index (χ2n) is 9.25. The number of nitrogens with zero attached hydrogens (tertiary/aromatic N) is 5. The van der Waals surface area contributed by atoms with Crippen LogP contribution in [0.15, 0.2) is 48.5 Å². The Morgan fingerprint density at radius 2 is 1.88 bits per heavy atom. The molecule has 12 heteroatoms. The molecule has 0 aliphatic heterocycles. The van der Waals surface area contributed by atoms with E-state index in [4.69, 9.17) is 15.2 Å². The lowest BCUT2D eigenvalue weighted by molar-refractivity contribution is 0.0995. The summed E-state index contributed by atoms with van der Waals surface area (Å²) < 4.78 is 14.4. The number of fused-ring (bicyclic) bond motifs is 1. The summed E-state index contributed by atoms with van der Waals surface area (Å²) in [6, 6.07) is 14.2. The number of hydrogen-bond donors (Lipinski definition) is 2. The first kappa shape index (κ1) is 28.1. The van der Waals surface area contributed by atoms with E-state index in [9.17, 15) is 14.4 Å². The maximum atomic E-state index is 13.2. The van der Waals surface area contributed by atoms with Gasteiger partial charge in [0.25, 0.3) is 5.91 Å². The van der Waals surface area contributed by atoms with E-state index in [1.807, 2.05) is 44.2 Å². The van der Waals surface area contributed by atoms with E-state index in [1.165, 1.54) is 18.1 Å². The summed E-state index contributed by atoms with van der Waals surface area (Å²) >= 11 is 0. The van der Waals surface area contributed by atoms with Crippen molar-refractivity contribution in [3.05, 3.63) is 71.0 Å². The molecule has 3 amide bonds. The van der Waals surface area contributed by atoms with Crippen LogP contribution in [0.25, 0.3) is 11.0 Å². The van der Waals surface area contributed by atoms with Crippen LogP contribution in [-0.4, -0.2) is 62.8 Å². The van der Waals surface area contributed by atoms with Crippen LogP contribution < -0.4 is 15.8 Å². The Bertz CT molecular complexity index is 1530. The number of hydrogen-bond acceptors (Lipinski definition) is 7. The highest BCUT2D eigenvalue weighted by Crippen LogP contribution is 2.31. The first-order valence-electron chi connectivity index (χ1n) is 12.9. The Balaban J connectivity index is 1.56. The fraction of sp³-hybridized carbons (Fsp3) is 0.321. The van der Waals surface area contributed by atoms with E-state index >= 15 is 0 Å². The maximum Gasteiger partial charge on any atom is 0.409 e. The lowest BCUT2D eigenvalue weighted by Crippen LogP contribution is -2.29. The molecule has 4 rings (SSSR count). The molecule has 0 bridgehead atoms. The Morgan fingerprint density at radius 1 is 1.12 bits per heavy atom. The van der Waals surface area contributed by atoms with Crippen molar-refractivity contribution in [2.45, 2.75) is 40.0 Å². The number of primary amides is 1. The number of benzene rings is 2. The molecular weight excluding hydrogens is 514 g/mol. The predicted molar refractivity (Wildman–Crippen MR) is 149 cm³/mol. The average molecular weight is 548 g/mol. The summed E-state index contributed by atoms with van der Waals surface area (Å²) in [6.45, 7) is 5.17. The number of anilines is 1. The summed E-state index contributed by atoms with van der Waals surface area (Å²) in [4.78, 5) is 43.7. The van der Waals surface area contributed by atoms with E-state index < -0.39 is 12.0 Å². The first-order chi connectivity index (χ1) is 19.2. The summed E-state index contributed by atoms with van der Waals surface area (Å²) in [5.41, 5.74) is 8.76. The summed E-state index contributed by atoms with van der Waals surface area (Å²) in [5, 5.41) is 7.22. The van der Waals surface area contributed by atoms with Crippen LogP contribution in [0.4, 0.5) is 10.7 Å². The van der Waals surface area contributed by atoms with Crippen molar-refractivity contribution in [3.63, 3.8) is 0 Å². The molecule has 2 heterocycles. The normalized spacial score (nSPS) is 10.9. The second kappa shape index (κ2) is 12.3. The monoisotopic (exact) mass is 547 g/mol. The molecule has 2 aromatic heterocycles. The van der Waals surface area contributed by atoms with Crippen molar-refractivity contribution in [1.82, 2.24) is 24.2 Å². The molecule has 0 radical (unpaired) electrons. The average Bonchev–Trinajstić information content (AvgIpc) is 3.51. The van der Waals surface area contributed by atoms with E-state index in [0.29, 0.717) is 48.5 Å². The third-order valence-corrected chi connectivity index (χ3v) is 6.36. The molecule has 0 aliphatic rings. The van der Waals surface area contributed by atoms with Gasteiger partial charge in [0, 0.05) is 32.2 Å². The van der Waals surface area contributed by atoms with Crippen molar-refractivity contribution in [3.8, 4) is 5.75 Å². The number of carbonyl (C=O) groups is 3. The minimum Gasteiger partial charge on any atom is -0.494 e. The van der Waals surface area contributed by atoms with Gasteiger partial charge in [0.15, 0.2) is 0 Å². The standard InChI is InChI=1S/C28H33N7O5/c1-5-35-22(14-18(2)32-35)26(37)31-27-30-21-15-20(25(29)36)16-23(39-4)24(21)34(27)13-9-12-33(3)28(38)40-17-19-10-7-6-8-11-19/h6-8,10-11,14-16H,5,9,12-13,17H2,1-4H3,(H2,29,36)(H,30,31,37). The number of rotatable bonds is 11. The lowest BCUT2D eigenvalue weighted by atomic mass is 10.1. The molecule has 2 aromatic carbocycles. The molecule has 210 valence electrons. The van der Waals surface area contributed by atoms with Gasteiger partial charge in [-0.2, -0.15) is 5.10 Å². The predicted octanol–water partition coefficient (Wildman–Crippen LogP) is 3.58. The zero-order valence-corrected chi connectivity index (χ0v) is 23.0. The fourth-order valence-electron chi connectivity index (χ4n) is 4.36. The molecule has 0 saturated heterocycles. The number of aryl methyl sites for hydroxylation is 3. The molecular formula is C28H33N7O5. The van der Waals surface area contributed by atoms with Crippen LogP contribution in [-0.2, 0) is 24.4 Å². The number of imidazole rings is 1. The van der Waals surface area contributed by atoms with Gasteiger partial charge in [0.2, 0.25) is 11.9 Å². The Morgan fingerprint density at radius 3 is 2.55 bits per heavy atom. The molecule has 3 N–H and O–H groups in total. The van der Waals surface area contributed by atoms with Crippen LogP contribution in [0.2, 0.25) is 0 Å². The lowest BCUT2D eigenvalue weighted by Gasteiger charge is -2.18. The summed E-state index contributed by atoms with van der Waals surface area (Å²) in [7, 11) is 3.14. The zero-order chi connectivity index (χ0) is 28.8. The highest BCUT2D eigenvalue weighted by atomic mass is 16.6. The zero-order valence-electron chi connectivity index (χ0n) is 23.0. The number of aromatic nitrogens is 4. The summed E-state index contributed by atoms with van der Waals surface area (Å²) in [6.07, 6.45) is 0.0672. The topological polar surface area (TPSA) is 147 Å². The third-order valence-electron chi connectivity index (χ3n) is 6.36. The van der Waals surface area contributed by atoms with E-state index in [2.05, 4.69) is 15.4 Å². The SMILES string of the molecule is CCn1nc(C)cc1C(=O)Nc1nc2cc(C(N)=O)cc(OC)c2n1CCCN(C)C(=O)OCc1ccccc1. The minimum atomic E-state index is -0.627. The highest BCUT2D eigenvalue weighted by molar-refractivity contribution is 6.04. The Kier molecular flexibility index (Phi) is 8.67. The number of amides is 3. The van der Waals surface area contributed by atoms with Crippen LogP contribution in [0.5, 0.6) is 5.75 Å². The van der Waals surface area contributed by atoms with Gasteiger partial charge in [-0.1, -0.05) is 30.3 Å². The van der Waals surface area contributed by atoms with E-state index in [-0.39, 0.29) is 24.0 Å². The molecule has 0 saturated carbocycles. The van der Waals surface area contributed by atoms with Gasteiger partial charge in [-0.25, -0.2) is 9.78 Å². The molecule has 40 heavy (non-hydrogen) atoms. The van der Waals surface area contributed by atoms with Crippen molar-refractivity contribution < 1.29 is 23.9 Å². The fourth-order valence-corrected chi connectivity index (χ4v) is 4.36. The number of ether oxygens (including phenoxy) is 2. The smallest absolute Gasteiger partial charge is 0.409 e. The van der Waals surface area contributed by atoms with Crippen LogP contribution in [0.1, 0.15) is 45.4 Å². The van der Waals surface area contributed by atoms with Gasteiger partial charge in [0.1, 0.15) is 23.6 Å².